The van der Waals surface area contributed by atoms with Gasteiger partial charge in [-0.2, -0.15) is 0 Å². The van der Waals surface area contributed by atoms with Gasteiger partial charge in [0.1, 0.15) is 0 Å². The molecule has 4 heteroatoms. The Hall–Kier alpha value is 0.542. The predicted octanol–water partition coefficient (Wildman–Crippen LogP) is -3.36. The van der Waals surface area contributed by atoms with Crippen molar-refractivity contribution in [1.29, 1.82) is 0 Å². The minimum absolute atomic E-state index is 0. The first-order chi connectivity index (χ1) is 4.72. The molecule has 52 valence electrons. The van der Waals surface area contributed by atoms with Crippen LogP contribution < -0.4 is 79.7 Å². The second-order valence-corrected chi connectivity index (χ2v) is 1.87. The van der Waals surface area contributed by atoms with E-state index in [0.29, 0.717) is 0 Å². The average Bonchev–Trinajstić information content (AvgIpc) is 1.88. The van der Waals surface area contributed by atoms with Gasteiger partial charge in [-0.1, -0.05) is 18.2 Å². The van der Waals surface area contributed by atoms with E-state index in [1.165, 1.54) is 12.1 Å². The molecule has 0 saturated heterocycles. The molecule has 0 spiro atoms. The molecular formula is C7H6CsNO2. The number of rotatable bonds is 1. The number of carbonyl (C=O) groups excluding carboxylic acids is 1. The van der Waals surface area contributed by atoms with E-state index in [1.807, 2.05) is 0 Å². The Kier molecular flexibility index (Phi) is 5.49. The molecule has 2 N–H and O–H groups in total. The molecule has 0 aliphatic rings. The minimum Gasteiger partial charge on any atom is -0.545 e. The van der Waals surface area contributed by atoms with Crippen LogP contribution in [0.4, 0.5) is 5.69 Å². The summed E-state index contributed by atoms with van der Waals surface area (Å²) in [4.78, 5) is 10.2. The van der Waals surface area contributed by atoms with E-state index in [4.69, 9.17) is 5.73 Å². The van der Waals surface area contributed by atoms with Crippen LogP contribution >= 0.6 is 0 Å². The Morgan fingerprint density at radius 2 is 1.91 bits per heavy atom. The van der Waals surface area contributed by atoms with Gasteiger partial charge in [0.15, 0.2) is 0 Å². The molecule has 0 fully saturated rings. The van der Waals surface area contributed by atoms with Gasteiger partial charge in [-0.25, -0.2) is 0 Å². The predicted molar refractivity (Wildman–Crippen MR) is 35.2 cm³/mol. The number of hydrogen-bond donors (Lipinski definition) is 1. The molecule has 0 aliphatic carbocycles. The third-order valence-electron chi connectivity index (χ3n) is 1.18. The molecule has 0 radical (unpaired) electrons. The van der Waals surface area contributed by atoms with E-state index >= 15 is 0 Å². The van der Waals surface area contributed by atoms with E-state index in [0.717, 1.165) is 0 Å². The normalized spacial score (nSPS) is 8.36. The maximum Gasteiger partial charge on any atom is 1.00 e. The Morgan fingerprint density at radius 3 is 2.27 bits per heavy atom. The summed E-state index contributed by atoms with van der Waals surface area (Å²) in [7, 11) is 0. The number of aromatic carboxylic acids is 1. The molecule has 0 atom stereocenters. The fourth-order valence-corrected chi connectivity index (χ4v) is 0.683. The number of carboxylic acids is 1. The van der Waals surface area contributed by atoms with Gasteiger partial charge >= 0.3 is 68.9 Å². The summed E-state index contributed by atoms with van der Waals surface area (Å²) in [6.07, 6.45) is 0. The first-order valence-corrected chi connectivity index (χ1v) is 2.77. The van der Waals surface area contributed by atoms with Crippen LogP contribution in [0, 0.1) is 0 Å². The van der Waals surface area contributed by atoms with Gasteiger partial charge in [-0.3, -0.25) is 0 Å². The SMILES string of the molecule is Nc1ccccc1C(=O)[O-].[Cs+]. The van der Waals surface area contributed by atoms with E-state index in [9.17, 15) is 9.90 Å². The van der Waals surface area contributed by atoms with Crippen LogP contribution in [0.25, 0.3) is 0 Å². The van der Waals surface area contributed by atoms with Crippen molar-refractivity contribution in [3.05, 3.63) is 29.8 Å². The maximum atomic E-state index is 10.2. The Bertz CT molecular complexity index is 262. The monoisotopic (exact) mass is 269 g/mol. The first kappa shape index (κ1) is 11.5. The molecular weight excluding hydrogens is 263 g/mol. The summed E-state index contributed by atoms with van der Waals surface area (Å²) in [5.41, 5.74) is 5.58. The van der Waals surface area contributed by atoms with Crippen LogP contribution in [0.5, 0.6) is 0 Å². The molecule has 11 heavy (non-hydrogen) atoms. The van der Waals surface area contributed by atoms with Crippen molar-refractivity contribution in [2.75, 3.05) is 5.73 Å². The van der Waals surface area contributed by atoms with Crippen LogP contribution in [0.15, 0.2) is 24.3 Å². The molecule has 0 saturated carbocycles. The molecule has 3 nitrogen and oxygen atoms in total. The minimum atomic E-state index is -1.24. The first-order valence-electron chi connectivity index (χ1n) is 2.77. The topological polar surface area (TPSA) is 66.2 Å². The molecule has 1 aromatic carbocycles. The number of carbonyl (C=O) groups is 1. The number of benzene rings is 1. The summed E-state index contributed by atoms with van der Waals surface area (Å²) in [6, 6.07) is 6.19. The largest absolute Gasteiger partial charge is 1.00 e. The molecule has 0 unspecified atom stereocenters. The van der Waals surface area contributed by atoms with Crippen LogP contribution in [-0.2, 0) is 0 Å². The zero-order valence-electron chi connectivity index (χ0n) is 6.20. The van der Waals surface area contributed by atoms with E-state index < -0.39 is 5.97 Å². The Balaban J connectivity index is 0.000001000. The number of hydrogen-bond acceptors (Lipinski definition) is 3. The van der Waals surface area contributed by atoms with Crippen LogP contribution in [0.3, 0.4) is 0 Å². The number of nitrogens with two attached hydrogens (primary N) is 1. The third-order valence-corrected chi connectivity index (χ3v) is 1.18. The van der Waals surface area contributed by atoms with Crippen molar-refractivity contribution in [3.63, 3.8) is 0 Å². The second-order valence-electron chi connectivity index (χ2n) is 1.87. The van der Waals surface area contributed by atoms with Crippen molar-refractivity contribution in [2.45, 2.75) is 0 Å². The van der Waals surface area contributed by atoms with Crippen molar-refractivity contribution < 1.29 is 78.8 Å². The fraction of sp³-hybridized carbons (Fsp3) is 0. The molecule has 0 aromatic heterocycles. The zero-order valence-corrected chi connectivity index (χ0v) is 12.5. The summed E-state index contributed by atoms with van der Waals surface area (Å²) < 4.78 is 0. The van der Waals surface area contributed by atoms with Crippen molar-refractivity contribution in [1.82, 2.24) is 0 Å². The molecule has 0 aliphatic heterocycles. The van der Waals surface area contributed by atoms with Gasteiger partial charge in [0, 0.05) is 11.3 Å². The van der Waals surface area contributed by atoms with Crippen LogP contribution in [0.2, 0.25) is 0 Å². The van der Waals surface area contributed by atoms with E-state index in [-0.39, 0.29) is 80.1 Å². The second kappa shape index (κ2) is 5.23. The third kappa shape index (κ3) is 3.18. The maximum absolute atomic E-state index is 10.2. The van der Waals surface area contributed by atoms with Gasteiger partial charge in [0.05, 0.1) is 5.97 Å². The van der Waals surface area contributed by atoms with Crippen molar-refractivity contribution in [3.8, 4) is 0 Å². The van der Waals surface area contributed by atoms with E-state index in [1.54, 1.807) is 12.1 Å². The van der Waals surface area contributed by atoms with Gasteiger partial charge in [0.2, 0.25) is 0 Å². The number of para-hydroxylation sites is 1. The van der Waals surface area contributed by atoms with E-state index in [2.05, 4.69) is 0 Å². The van der Waals surface area contributed by atoms with Gasteiger partial charge in [-0.05, 0) is 6.07 Å². The Morgan fingerprint density at radius 1 is 1.36 bits per heavy atom. The zero-order chi connectivity index (χ0) is 7.56. The van der Waals surface area contributed by atoms with Crippen molar-refractivity contribution in [2.24, 2.45) is 0 Å². The standard InChI is InChI=1S/C7H7NO2.Cs/c8-6-4-2-1-3-5(6)7(9)10;/h1-4H,8H2,(H,9,10);/q;+1/p-1. The quantitative estimate of drug-likeness (QED) is 0.541. The smallest absolute Gasteiger partial charge is 0.545 e. The van der Waals surface area contributed by atoms with Crippen molar-refractivity contribution >= 4 is 11.7 Å². The molecule has 0 amide bonds. The van der Waals surface area contributed by atoms with Gasteiger partial charge < -0.3 is 15.6 Å². The van der Waals surface area contributed by atoms with Crippen LogP contribution in [0.1, 0.15) is 10.4 Å². The summed E-state index contributed by atoms with van der Waals surface area (Å²) >= 11 is 0. The van der Waals surface area contributed by atoms with Gasteiger partial charge in [-0.15, -0.1) is 0 Å². The number of nitrogen functional groups attached to an aromatic ring is 1. The summed E-state index contributed by atoms with van der Waals surface area (Å²) in [5, 5.41) is 10.2. The summed E-state index contributed by atoms with van der Waals surface area (Å²) in [6.45, 7) is 0. The Labute approximate surface area is 123 Å². The van der Waals surface area contributed by atoms with Gasteiger partial charge in [0.25, 0.3) is 0 Å². The molecule has 1 aromatic rings. The fourth-order valence-electron chi connectivity index (χ4n) is 0.683. The molecule has 0 bridgehead atoms. The molecule has 0 heterocycles. The molecule has 1 rings (SSSR count). The summed E-state index contributed by atoms with van der Waals surface area (Å²) in [5.74, 6) is -1.24. The number of anilines is 1. The van der Waals surface area contributed by atoms with Crippen LogP contribution in [-0.4, -0.2) is 5.97 Å². The number of carboxylic acid groups (broad SMARTS) is 1. The average molecular weight is 269 g/mol.